The number of hydrogen-bond acceptors (Lipinski definition) is 3. The molecule has 1 aliphatic heterocycles. The van der Waals surface area contributed by atoms with Crippen LogP contribution in [0, 0.1) is 0 Å². The van der Waals surface area contributed by atoms with E-state index >= 15 is 0 Å². The van der Waals surface area contributed by atoms with Crippen molar-refractivity contribution in [3.63, 3.8) is 0 Å². The molecule has 114 valence electrons. The molecule has 7 heteroatoms. The van der Waals surface area contributed by atoms with E-state index in [-0.39, 0.29) is 17.2 Å². The molecule has 0 saturated heterocycles. The SMILES string of the molecule is O=C1N[C@H](c2ccccc2OC(F)(F)F)Nc2ccccc21. The summed E-state index contributed by atoms with van der Waals surface area (Å²) in [7, 11) is 0. The van der Waals surface area contributed by atoms with Gasteiger partial charge in [-0.15, -0.1) is 13.2 Å². The van der Waals surface area contributed by atoms with Gasteiger partial charge in [-0.25, -0.2) is 0 Å². The largest absolute Gasteiger partial charge is 0.573 e. The summed E-state index contributed by atoms with van der Waals surface area (Å²) in [5, 5.41) is 5.61. The summed E-state index contributed by atoms with van der Waals surface area (Å²) in [5.41, 5.74) is 1.19. The highest BCUT2D eigenvalue weighted by atomic mass is 19.4. The Hall–Kier alpha value is -2.70. The van der Waals surface area contributed by atoms with E-state index in [2.05, 4.69) is 15.4 Å². The van der Waals surface area contributed by atoms with E-state index in [4.69, 9.17) is 0 Å². The zero-order chi connectivity index (χ0) is 15.7. The average molecular weight is 308 g/mol. The predicted molar refractivity (Wildman–Crippen MR) is 73.4 cm³/mol. The van der Waals surface area contributed by atoms with Crippen molar-refractivity contribution >= 4 is 11.6 Å². The topological polar surface area (TPSA) is 50.4 Å². The van der Waals surface area contributed by atoms with E-state index in [9.17, 15) is 18.0 Å². The van der Waals surface area contributed by atoms with Crippen LogP contribution in [-0.4, -0.2) is 12.3 Å². The maximum atomic E-state index is 12.5. The van der Waals surface area contributed by atoms with Gasteiger partial charge in [-0.2, -0.15) is 0 Å². The van der Waals surface area contributed by atoms with Gasteiger partial charge in [-0.1, -0.05) is 30.3 Å². The first kappa shape index (κ1) is 14.2. The number of carbonyl (C=O) groups excluding carboxylic acids is 1. The molecule has 0 spiro atoms. The molecule has 22 heavy (non-hydrogen) atoms. The first-order chi connectivity index (χ1) is 10.4. The summed E-state index contributed by atoms with van der Waals surface area (Å²) in [4.78, 5) is 12.1. The quantitative estimate of drug-likeness (QED) is 0.893. The minimum absolute atomic E-state index is 0.197. The van der Waals surface area contributed by atoms with Gasteiger partial charge >= 0.3 is 6.36 Å². The molecule has 2 N–H and O–H groups in total. The van der Waals surface area contributed by atoms with Crippen molar-refractivity contribution < 1.29 is 22.7 Å². The minimum Gasteiger partial charge on any atom is -0.405 e. The lowest BCUT2D eigenvalue weighted by Gasteiger charge is -2.29. The summed E-state index contributed by atoms with van der Waals surface area (Å²) in [6.45, 7) is 0. The van der Waals surface area contributed by atoms with Crippen molar-refractivity contribution in [1.29, 1.82) is 0 Å². The number of nitrogens with one attached hydrogen (secondary N) is 2. The molecule has 1 heterocycles. The van der Waals surface area contributed by atoms with E-state index in [0.717, 1.165) is 0 Å². The number of amides is 1. The molecule has 0 bridgehead atoms. The van der Waals surface area contributed by atoms with E-state index in [0.29, 0.717) is 11.3 Å². The lowest BCUT2D eigenvalue weighted by Crippen LogP contribution is -2.38. The Bertz CT molecular complexity index is 716. The molecule has 2 aromatic carbocycles. The van der Waals surface area contributed by atoms with E-state index in [1.165, 1.54) is 18.2 Å². The standard InChI is InChI=1S/C15H11F3N2O2/c16-15(17,18)22-12-8-4-2-6-10(12)13-19-11-7-3-1-5-9(11)14(21)20-13/h1-8,13,19H,(H,20,21)/t13-/m1/s1. The number of alkyl halides is 3. The number of fused-ring (bicyclic) bond motifs is 1. The Balaban J connectivity index is 1.95. The molecule has 0 unspecified atom stereocenters. The Morgan fingerprint density at radius 3 is 2.41 bits per heavy atom. The highest BCUT2D eigenvalue weighted by Crippen LogP contribution is 2.33. The van der Waals surface area contributed by atoms with Crippen LogP contribution in [0.3, 0.4) is 0 Å². The van der Waals surface area contributed by atoms with E-state index < -0.39 is 12.5 Å². The summed E-state index contributed by atoms with van der Waals surface area (Å²) >= 11 is 0. The number of ether oxygens (including phenoxy) is 1. The Kier molecular flexibility index (Phi) is 3.40. The number of anilines is 1. The monoisotopic (exact) mass is 308 g/mol. The summed E-state index contributed by atoms with van der Waals surface area (Å²) in [6, 6.07) is 12.4. The van der Waals surface area contributed by atoms with Crippen molar-refractivity contribution in [3.05, 3.63) is 59.7 Å². The molecule has 4 nitrogen and oxygen atoms in total. The Morgan fingerprint density at radius 2 is 1.64 bits per heavy atom. The van der Waals surface area contributed by atoms with Gasteiger partial charge < -0.3 is 15.4 Å². The van der Waals surface area contributed by atoms with Gasteiger partial charge in [0.1, 0.15) is 11.9 Å². The third-order valence-electron chi connectivity index (χ3n) is 3.20. The van der Waals surface area contributed by atoms with Crippen LogP contribution in [0.2, 0.25) is 0 Å². The summed E-state index contributed by atoms with van der Waals surface area (Å²) < 4.78 is 41.4. The molecular weight excluding hydrogens is 297 g/mol. The van der Waals surface area contributed by atoms with Crippen LogP contribution >= 0.6 is 0 Å². The molecule has 0 aliphatic carbocycles. The third-order valence-corrected chi connectivity index (χ3v) is 3.20. The Morgan fingerprint density at radius 1 is 0.955 bits per heavy atom. The zero-order valence-corrected chi connectivity index (χ0v) is 11.1. The van der Waals surface area contributed by atoms with Crippen LogP contribution in [0.25, 0.3) is 0 Å². The van der Waals surface area contributed by atoms with Gasteiger partial charge in [0, 0.05) is 11.3 Å². The number of benzene rings is 2. The minimum atomic E-state index is -4.80. The number of hydrogen-bond donors (Lipinski definition) is 2. The molecule has 0 aromatic heterocycles. The molecule has 1 atom stereocenters. The second-order valence-electron chi connectivity index (χ2n) is 4.68. The second-order valence-corrected chi connectivity index (χ2v) is 4.68. The first-order valence-electron chi connectivity index (χ1n) is 6.45. The molecule has 0 fully saturated rings. The van der Waals surface area contributed by atoms with E-state index in [1.807, 2.05) is 0 Å². The first-order valence-corrected chi connectivity index (χ1v) is 6.45. The van der Waals surface area contributed by atoms with Crippen molar-refractivity contribution in [1.82, 2.24) is 5.32 Å². The number of rotatable bonds is 2. The lowest BCUT2D eigenvalue weighted by molar-refractivity contribution is -0.275. The molecule has 1 amide bonds. The fourth-order valence-corrected chi connectivity index (χ4v) is 2.30. The lowest BCUT2D eigenvalue weighted by atomic mass is 10.1. The van der Waals surface area contributed by atoms with Gasteiger partial charge in [-0.3, -0.25) is 4.79 Å². The highest BCUT2D eigenvalue weighted by molar-refractivity contribution is 6.01. The van der Waals surface area contributed by atoms with Gasteiger partial charge in [0.2, 0.25) is 0 Å². The number of halogens is 3. The van der Waals surface area contributed by atoms with Crippen LogP contribution in [0.5, 0.6) is 5.75 Å². The van der Waals surface area contributed by atoms with Gasteiger partial charge in [0.05, 0.1) is 5.56 Å². The predicted octanol–water partition coefficient (Wildman–Crippen LogP) is 3.44. The van der Waals surface area contributed by atoms with Crippen molar-refractivity contribution in [3.8, 4) is 5.75 Å². The van der Waals surface area contributed by atoms with Crippen LogP contribution in [0.1, 0.15) is 22.1 Å². The number of para-hydroxylation sites is 2. The van der Waals surface area contributed by atoms with Crippen LogP contribution in [0.4, 0.5) is 18.9 Å². The van der Waals surface area contributed by atoms with Crippen molar-refractivity contribution in [2.24, 2.45) is 0 Å². The van der Waals surface area contributed by atoms with Gasteiger partial charge in [0.15, 0.2) is 0 Å². The fraction of sp³-hybridized carbons (Fsp3) is 0.133. The number of carbonyl (C=O) groups is 1. The molecule has 1 aliphatic rings. The van der Waals surface area contributed by atoms with Crippen molar-refractivity contribution in [2.45, 2.75) is 12.5 Å². The third kappa shape index (κ3) is 2.83. The summed E-state index contributed by atoms with van der Waals surface area (Å²) in [6.07, 6.45) is -5.60. The van der Waals surface area contributed by atoms with Crippen molar-refractivity contribution in [2.75, 3.05) is 5.32 Å². The Labute approximate surface area is 123 Å². The van der Waals surface area contributed by atoms with E-state index in [1.54, 1.807) is 30.3 Å². The van der Waals surface area contributed by atoms with Gasteiger partial charge in [0.25, 0.3) is 5.91 Å². The second kappa shape index (κ2) is 5.25. The molecular formula is C15H11F3N2O2. The molecule has 2 aromatic rings. The van der Waals surface area contributed by atoms with Crippen LogP contribution in [0.15, 0.2) is 48.5 Å². The normalized spacial score (nSPS) is 17.2. The maximum absolute atomic E-state index is 12.5. The molecule has 0 saturated carbocycles. The summed E-state index contributed by atoms with van der Waals surface area (Å²) in [5.74, 6) is -0.714. The highest BCUT2D eigenvalue weighted by Gasteiger charge is 2.34. The average Bonchev–Trinajstić information content (AvgIpc) is 2.46. The van der Waals surface area contributed by atoms with Crippen LogP contribution < -0.4 is 15.4 Å². The van der Waals surface area contributed by atoms with Gasteiger partial charge in [-0.05, 0) is 18.2 Å². The molecule has 0 radical (unpaired) electrons. The smallest absolute Gasteiger partial charge is 0.405 e. The zero-order valence-electron chi connectivity index (χ0n) is 11.1. The fourth-order valence-electron chi connectivity index (χ4n) is 2.30. The van der Waals surface area contributed by atoms with Crippen LogP contribution in [-0.2, 0) is 0 Å². The molecule has 3 rings (SSSR count). The maximum Gasteiger partial charge on any atom is 0.573 e.